The number of halogens is 2. The number of aromatic nitrogens is 2. The normalized spacial score (nSPS) is 12.1. The van der Waals surface area contributed by atoms with E-state index in [0.29, 0.717) is 12.5 Å². The first-order valence-corrected chi connectivity index (χ1v) is 6.46. The van der Waals surface area contributed by atoms with E-state index >= 15 is 0 Å². The summed E-state index contributed by atoms with van der Waals surface area (Å²) in [6, 6.07) is 0. The molecule has 0 aliphatic carbocycles. The number of hydrogen-bond donors (Lipinski definition) is 0. The average molecular weight is 308 g/mol. The van der Waals surface area contributed by atoms with E-state index in [2.05, 4.69) is 34.0 Å². The molecule has 0 N–H and O–H groups in total. The first-order chi connectivity index (χ1) is 7.70. The van der Waals surface area contributed by atoms with Crippen molar-refractivity contribution in [2.75, 3.05) is 19.6 Å². The van der Waals surface area contributed by atoms with Crippen LogP contribution in [0.1, 0.15) is 19.0 Å². The van der Waals surface area contributed by atoms with Crippen molar-refractivity contribution in [3.05, 3.63) is 22.4 Å². The molecule has 1 rings (SSSR count). The molecule has 0 bridgehead atoms. The van der Waals surface area contributed by atoms with Crippen LogP contribution >= 0.6 is 27.5 Å². The van der Waals surface area contributed by atoms with Gasteiger partial charge in [0.25, 0.3) is 0 Å². The molecule has 16 heavy (non-hydrogen) atoms. The minimum Gasteiger partial charge on any atom is -0.383 e. The summed E-state index contributed by atoms with van der Waals surface area (Å²) in [6.45, 7) is 3.48. The van der Waals surface area contributed by atoms with Gasteiger partial charge in [0.2, 0.25) is 0 Å². The highest BCUT2D eigenvalue weighted by Crippen LogP contribution is 2.24. The third kappa shape index (κ3) is 3.61. The fraction of sp³-hybridized carbons (Fsp3) is 0.545. The topological polar surface area (TPSA) is 27.1 Å². The van der Waals surface area contributed by atoms with Crippen molar-refractivity contribution in [2.24, 2.45) is 0 Å². The number of allylic oxidation sites excluding steroid dienone is 2. The second-order valence-corrected chi connectivity index (χ2v) is 4.65. The third-order valence-electron chi connectivity index (χ3n) is 2.24. The van der Waals surface area contributed by atoms with Gasteiger partial charge >= 0.3 is 0 Å². The number of nitrogens with zero attached hydrogens (tertiary/aromatic N) is 2. The van der Waals surface area contributed by atoms with Crippen LogP contribution in [0.25, 0.3) is 5.57 Å². The van der Waals surface area contributed by atoms with Gasteiger partial charge in [-0.3, -0.25) is 4.68 Å². The maximum absolute atomic E-state index is 5.67. The second-order valence-electron chi connectivity index (χ2n) is 3.42. The Hall–Kier alpha value is -0.320. The molecule has 3 nitrogen and oxygen atoms in total. The third-order valence-corrected chi connectivity index (χ3v) is 3.03. The largest absolute Gasteiger partial charge is 0.383 e. The van der Waals surface area contributed by atoms with E-state index < -0.39 is 0 Å². The van der Waals surface area contributed by atoms with Gasteiger partial charge < -0.3 is 4.74 Å². The zero-order chi connectivity index (χ0) is 12.0. The number of hydrogen-bond acceptors (Lipinski definition) is 2. The number of methoxy groups -OCH3 is 1. The summed E-state index contributed by atoms with van der Waals surface area (Å²) in [6.07, 6.45) is 4.80. The van der Waals surface area contributed by atoms with Crippen LogP contribution in [-0.4, -0.2) is 29.4 Å². The van der Waals surface area contributed by atoms with E-state index in [1.54, 1.807) is 7.11 Å². The van der Waals surface area contributed by atoms with Gasteiger partial charge in [-0.15, -0.1) is 11.6 Å². The summed E-state index contributed by atoms with van der Waals surface area (Å²) in [5, 5.41) is 4.30. The predicted octanol–water partition coefficient (Wildman–Crippen LogP) is 3.32. The van der Waals surface area contributed by atoms with Crippen LogP contribution in [0.4, 0.5) is 0 Å². The zero-order valence-corrected chi connectivity index (χ0v) is 11.9. The van der Waals surface area contributed by atoms with Gasteiger partial charge in [0.15, 0.2) is 0 Å². The van der Waals surface area contributed by atoms with Crippen LogP contribution < -0.4 is 0 Å². The van der Waals surface area contributed by atoms with E-state index in [0.717, 1.165) is 23.1 Å². The van der Waals surface area contributed by atoms with Gasteiger partial charge in [-0.05, 0) is 34.8 Å². The Labute approximate surface area is 110 Å². The molecule has 0 saturated carbocycles. The fourth-order valence-corrected chi connectivity index (χ4v) is 2.19. The average Bonchev–Trinajstić information content (AvgIpc) is 2.64. The molecule has 0 aliphatic heterocycles. The lowest BCUT2D eigenvalue weighted by atomic mass is 10.2. The standard InChI is InChI=1S/C11H16BrClN2O/c1-9(4-3-5-13)11-10(12)8-14-15(11)6-7-16-2/h4,8H,3,5-7H2,1-2H3. The van der Waals surface area contributed by atoms with Gasteiger partial charge in [-0.25, -0.2) is 0 Å². The highest BCUT2D eigenvalue weighted by atomic mass is 79.9. The van der Waals surface area contributed by atoms with Crippen LogP contribution in [0.5, 0.6) is 0 Å². The molecule has 0 aromatic carbocycles. The van der Waals surface area contributed by atoms with Crippen molar-refractivity contribution in [3.63, 3.8) is 0 Å². The lowest BCUT2D eigenvalue weighted by Crippen LogP contribution is -2.08. The summed E-state index contributed by atoms with van der Waals surface area (Å²) in [5.41, 5.74) is 2.28. The van der Waals surface area contributed by atoms with Crippen LogP contribution in [0.15, 0.2) is 16.7 Å². The van der Waals surface area contributed by atoms with Crippen LogP contribution in [-0.2, 0) is 11.3 Å². The minimum atomic E-state index is 0.640. The first kappa shape index (κ1) is 13.7. The Balaban J connectivity index is 2.87. The highest BCUT2D eigenvalue weighted by Gasteiger charge is 2.09. The molecule has 0 amide bonds. The van der Waals surface area contributed by atoms with E-state index in [1.165, 1.54) is 5.57 Å². The van der Waals surface area contributed by atoms with Crippen LogP contribution in [0, 0.1) is 0 Å². The van der Waals surface area contributed by atoms with Gasteiger partial charge in [0.05, 0.1) is 29.5 Å². The van der Waals surface area contributed by atoms with E-state index in [-0.39, 0.29) is 0 Å². The zero-order valence-electron chi connectivity index (χ0n) is 9.54. The lowest BCUT2D eigenvalue weighted by molar-refractivity contribution is 0.183. The maximum Gasteiger partial charge on any atom is 0.0779 e. The van der Waals surface area contributed by atoms with E-state index in [1.807, 2.05) is 10.9 Å². The molecule has 0 atom stereocenters. The monoisotopic (exact) mass is 306 g/mol. The smallest absolute Gasteiger partial charge is 0.0779 e. The predicted molar refractivity (Wildman–Crippen MR) is 70.8 cm³/mol. The van der Waals surface area contributed by atoms with Crippen LogP contribution in [0.2, 0.25) is 0 Å². The lowest BCUT2D eigenvalue weighted by Gasteiger charge is -2.08. The Morgan fingerprint density at radius 3 is 3.06 bits per heavy atom. The van der Waals surface area contributed by atoms with E-state index in [4.69, 9.17) is 16.3 Å². The molecule has 0 unspecified atom stereocenters. The number of rotatable bonds is 6. The van der Waals surface area contributed by atoms with Crippen molar-refractivity contribution >= 4 is 33.1 Å². The van der Waals surface area contributed by atoms with Crippen molar-refractivity contribution < 1.29 is 4.74 Å². The quantitative estimate of drug-likeness (QED) is 0.754. The number of alkyl halides is 1. The van der Waals surface area contributed by atoms with Gasteiger partial charge in [0.1, 0.15) is 0 Å². The van der Waals surface area contributed by atoms with Gasteiger partial charge in [-0.1, -0.05) is 6.08 Å². The summed E-state index contributed by atoms with van der Waals surface area (Å²) in [4.78, 5) is 0. The summed E-state index contributed by atoms with van der Waals surface area (Å²) >= 11 is 9.18. The minimum absolute atomic E-state index is 0.640. The van der Waals surface area contributed by atoms with E-state index in [9.17, 15) is 0 Å². The van der Waals surface area contributed by atoms with Crippen molar-refractivity contribution in [1.82, 2.24) is 9.78 Å². The summed E-state index contributed by atoms with van der Waals surface area (Å²) in [5.74, 6) is 0.640. The maximum atomic E-state index is 5.67. The van der Waals surface area contributed by atoms with Crippen molar-refractivity contribution in [3.8, 4) is 0 Å². The first-order valence-electron chi connectivity index (χ1n) is 5.14. The Kier molecular flexibility index (Phi) is 6.09. The molecule has 0 radical (unpaired) electrons. The van der Waals surface area contributed by atoms with Gasteiger partial charge in [-0.2, -0.15) is 5.10 Å². The second kappa shape index (κ2) is 7.09. The Morgan fingerprint density at radius 2 is 2.44 bits per heavy atom. The number of ether oxygens (including phenoxy) is 1. The summed E-state index contributed by atoms with van der Waals surface area (Å²) in [7, 11) is 1.69. The molecule has 90 valence electrons. The summed E-state index contributed by atoms with van der Waals surface area (Å²) < 4.78 is 8.00. The molecule has 1 aromatic heterocycles. The molecule has 0 spiro atoms. The van der Waals surface area contributed by atoms with Crippen molar-refractivity contribution in [2.45, 2.75) is 19.9 Å². The molecule has 1 heterocycles. The SMILES string of the molecule is COCCn1ncc(Br)c1C(C)=CCCCl. The molecule has 0 saturated heterocycles. The molecular weight excluding hydrogens is 291 g/mol. The van der Waals surface area contributed by atoms with Crippen molar-refractivity contribution in [1.29, 1.82) is 0 Å². The van der Waals surface area contributed by atoms with Crippen LogP contribution in [0.3, 0.4) is 0 Å². The molecule has 0 fully saturated rings. The Bertz CT molecular complexity index is 363. The fourth-order valence-electron chi connectivity index (χ4n) is 1.47. The Morgan fingerprint density at radius 1 is 1.69 bits per heavy atom. The molecular formula is C11H16BrClN2O. The van der Waals surface area contributed by atoms with Gasteiger partial charge in [0, 0.05) is 13.0 Å². The molecule has 0 aliphatic rings. The highest BCUT2D eigenvalue weighted by molar-refractivity contribution is 9.10. The molecule has 5 heteroatoms. The molecule has 1 aromatic rings.